The van der Waals surface area contributed by atoms with Crippen molar-refractivity contribution in [2.45, 2.75) is 82.7 Å². The molecule has 0 unspecified atom stereocenters. The molecule has 0 aromatic heterocycles. The van der Waals surface area contributed by atoms with Crippen LogP contribution in [0, 0.1) is 0 Å². The Morgan fingerprint density at radius 2 is 1.86 bits per heavy atom. The van der Waals surface area contributed by atoms with Crippen molar-refractivity contribution in [3.63, 3.8) is 0 Å². The Morgan fingerprint density at radius 3 is 2.57 bits per heavy atom. The fourth-order valence-electron chi connectivity index (χ4n) is 2.41. The minimum Gasteiger partial charge on any atom is -0.459 e. The highest BCUT2D eigenvalue weighted by Gasteiger charge is 2.29. The third-order valence-electron chi connectivity index (χ3n) is 3.78. The summed E-state index contributed by atoms with van der Waals surface area (Å²) in [5.74, 6) is -0.436. The van der Waals surface area contributed by atoms with Crippen LogP contribution in [-0.2, 0) is 9.53 Å². The number of aliphatic hydroxyl groups excluding tert-OH is 3. The number of hydrogen-bond donors (Lipinski definition) is 3. The predicted molar refractivity (Wildman–Crippen MR) is 79.7 cm³/mol. The molecular formula is C16H28O5. The lowest BCUT2D eigenvalue weighted by atomic mass is 9.99. The van der Waals surface area contributed by atoms with E-state index in [0.717, 1.165) is 25.7 Å². The lowest BCUT2D eigenvalue weighted by molar-refractivity contribution is -0.160. The van der Waals surface area contributed by atoms with Crippen molar-refractivity contribution in [1.82, 2.24) is 0 Å². The molecule has 21 heavy (non-hydrogen) atoms. The molecular weight excluding hydrogens is 272 g/mol. The average Bonchev–Trinajstić information content (AvgIpc) is 2.47. The molecule has 0 aromatic carbocycles. The molecule has 3 N–H and O–H groups in total. The summed E-state index contributed by atoms with van der Waals surface area (Å²) in [5.41, 5.74) is 0. The summed E-state index contributed by atoms with van der Waals surface area (Å²) in [6, 6.07) is 0. The average molecular weight is 300 g/mol. The Morgan fingerprint density at radius 1 is 1.14 bits per heavy atom. The summed E-state index contributed by atoms with van der Waals surface area (Å²) in [6.07, 6.45) is 5.29. The van der Waals surface area contributed by atoms with Gasteiger partial charge in [-0.15, -0.1) is 0 Å². The molecule has 0 amide bonds. The lowest BCUT2D eigenvalue weighted by Gasteiger charge is -2.26. The van der Waals surface area contributed by atoms with E-state index in [9.17, 15) is 20.1 Å². The SMILES string of the molecule is CCCCCCC[C@@H]1OC(=O)CC[C@H](O)/C=C/[C@@H](O)[C@H]1O. The van der Waals surface area contributed by atoms with E-state index in [1.807, 2.05) is 0 Å². The van der Waals surface area contributed by atoms with E-state index < -0.39 is 30.4 Å². The van der Waals surface area contributed by atoms with Gasteiger partial charge in [0.2, 0.25) is 0 Å². The summed E-state index contributed by atoms with van der Waals surface area (Å²) in [7, 11) is 0. The van der Waals surface area contributed by atoms with Gasteiger partial charge >= 0.3 is 5.97 Å². The minimum atomic E-state index is -1.15. The Hall–Kier alpha value is -0.910. The maximum atomic E-state index is 11.7. The summed E-state index contributed by atoms with van der Waals surface area (Å²) in [4.78, 5) is 11.7. The van der Waals surface area contributed by atoms with E-state index in [-0.39, 0.29) is 12.8 Å². The molecule has 4 atom stereocenters. The van der Waals surface area contributed by atoms with Crippen molar-refractivity contribution in [3.05, 3.63) is 12.2 Å². The molecule has 0 radical (unpaired) electrons. The van der Waals surface area contributed by atoms with Crippen LogP contribution in [0.3, 0.4) is 0 Å². The Kier molecular flexibility index (Phi) is 8.57. The Bertz CT molecular complexity index is 329. The summed E-state index contributed by atoms with van der Waals surface area (Å²) in [6.45, 7) is 2.14. The van der Waals surface area contributed by atoms with E-state index in [2.05, 4.69) is 6.92 Å². The van der Waals surface area contributed by atoms with E-state index in [1.54, 1.807) is 0 Å². The van der Waals surface area contributed by atoms with Crippen LogP contribution in [0.25, 0.3) is 0 Å². The number of hydrogen-bond acceptors (Lipinski definition) is 5. The van der Waals surface area contributed by atoms with Crippen molar-refractivity contribution in [2.75, 3.05) is 0 Å². The fourth-order valence-corrected chi connectivity index (χ4v) is 2.41. The van der Waals surface area contributed by atoms with Crippen molar-refractivity contribution in [2.24, 2.45) is 0 Å². The number of rotatable bonds is 6. The normalized spacial score (nSPS) is 32.5. The molecule has 0 aromatic rings. The Labute approximate surface area is 126 Å². The molecule has 0 fully saturated rings. The molecule has 0 aliphatic carbocycles. The zero-order valence-corrected chi connectivity index (χ0v) is 12.8. The smallest absolute Gasteiger partial charge is 0.306 e. The molecule has 1 rings (SSSR count). The molecule has 0 spiro atoms. The molecule has 0 saturated carbocycles. The van der Waals surface area contributed by atoms with Gasteiger partial charge in [0, 0.05) is 6.42 Å². The minimum absolute atomic E-state index is 0.112. The van der Waals surface area contributed by atoms with Crippen molar-refractivity contribution in [1.29, 1.82) is 0 Å². The van der Waals surface area contributed by atoms with Gasteiger partial charge < -0.3 is 20.1 Å². The highest BCUT2D eigenvalue weighted by molar-refractivity contribution is 5.69. The number of carbonyl (C=O) groups excluding carboxylic acids is 1. The number of cyclic esters (lactones) is 1. The maximum Gasteiger partial charge on any atom is 0.306 e. The quantitative estimate of drug-likeness (QED) is 0.395. The molecule has 122 valence electrons. The van der Waals surface area contributed by atoms with Crippen LogP contribution >= 0.6 is 0 Å². The number of esters is 1. The highest BCUT2D eigenvalue weighted by atomic mass is 16.6. The molecule has 1 aliphatic heterocycles. The number of carbonyl (C=O) groups is 1. The second-order valence-electron chi connectivity index (χ2n) is 5.70. The van der Waals surface area contributed by atoms with Gasteiger partial charge in [-0.05, 0) is 19.3 Å². The molecule has 0 bridgehead atoms. The van der Waals surface area contributed by atoms with Crippen LogP contribution in [0.4, 0.5) is 0 Å². The standard InChI is InChI=1S/C16H28O5/c1-2-3-4-5-6-7-14-16(20)13(18)10-8-12(17)9-11-15(19)21-14/h8,10,12-14,16-18,20H,2-7,9,11H2,1H3/b10-8+/t12-,13-,14+,16-/m1/s1. The highest BCUT2D eigenvalue weighted by Crippen LogP contribution is 2.18. The van der Waals surface area contributed by atoms with Gasteiger partial charge in [0.15, 0.2) is 0 Å². The summed E-state index contributed by atoms with van der Waals surface area (Å²) >= 11 is 0. The van der Waals surface area contributed by atoms with Crippen LogP contribution in [0.15, 0.2) is 12.2 Å². The van der Waals surface area contributed by atoms with Crippen LogP contribution < -0.4 is 0 Å². The summed E-state index contributed by atoms with van der Waals surface area (Å²) < 4.78 is 5.27. The first kappa shape index (κ1) is 18.1. The van der Waals surface area contributed by atoms with Gasteiger partial charge in [0.1, 0.15) is 18.3 Å². The van der Waals surface area contributed by atoms with E-state index in [0.29, 0.717) is 6.42 Å². The Balaban J connectivity index is 2.56. The van der Waals surface area contributed by atoms with E-state index in [4.69, 9.17) is 4.74 Å². The van der Waals surface area contributed by atoms with Crippen molar-refractivity contribution in [3.8, 4) is 0 Å². The van der Waals surface area contributed by atoms with E-state index in [1.165, 1.54) is 18.6 Å². The first-order valence-corrected chi connectivity index (χ1v) is 7.96. The van der Waals surface area contributed by atoms with Gasteiger partial charge in [-0.3, -0.25) is 4.79 Å². The zero-order chi connectivity index (χ0) is 15.7. The third kappa shape index (κ3) is 7.07. The number of aliphatic hydroxyl groups is 3. The lowest BCUT2D eigenvalue weighted by Crippen LogP contribution is -2.40. The summed E-state index contributed by atoms with van der Waals surface area (Å²) in [5, 5.41) is 29.5. The van der Waals surface area contributed by atoms with Gasteiger partial charge in [-0.25, -0.2) is 0 Å². The monoisotopic (exact) mass is 300 g/mol. The second kappa shape index (κ2) is 9.92. The predicted octanol–water partition coefficient (Wildman–Crippen LogP) is 1.69. The second-order valence-corrected chi connectivity index (χ2v) is 5.70. The molecule has 5 nitrogen and oxygen atoms in total. The van der Waals surface area contributed by atoms with Crippen LogP contribution in [0.1, 0.15) is 58.3 Å². The molecule has 0 saturated heterocycles. The first-order valence-electron chi connectivity index (χ1n) is 7.96. The van der Waals surface area contributed by atoms with E-state index >= 15 is 0 Å². The first-order chi connectivity index (χ1) is 10.0. The van der Waals surface area contributed by atoms with Crippen molar-refractivity contribution >= 4 is 5.97 Å². The van der Waals surface area contributed by atoms with Gasteiger partial charge in [-0.1, -0.05) is 44.8 Å². The molecule has 5 heteroatoms. The number of ether oxygens (including phenoxy) is 1. The zero-order valence-electron chi connectivity index (χ0n) is 12.8. The van der Waals surface area contributed by atoms with Crippen LogP contribution in [-0.4, -0.2) is 45.7 Å². The van der Waals surface area contributed by atoms with Gasteiger partial charge in [0.25, 0.3) is 0 Å². The topological polar surface area (TPSA) is 87.0 Å². The molecule has 1 heterocycles. The van der Waals surface area contributed by atoms with Crippen LogP contribution in [0.2, 0.25) is 0 Å². The maximum absolute atomic E-state index is 11.7. The largest absolute Gasteiger partial charge is 0.459 e. The van der Waals surface area contributed by atoms with Crippen molar-refractivity contribution < 1.29 is 24.9 Å². The third-order valence-corrected chi connectivity index (χ3v) is 3.78. The van der Waals surface area contributed by atoms with Gasteiger partial charge in [0.05, 0.1) is 6.10 Å². The molecule has 1 aliphatic rings. The number of unbranched alkanes of at least 4 members (excludes halogenated alkanes) is 4. The van der Waals surface area contributed by atoms with Crippen LogP contribution in [0.5, 0.6) is 0 Å². The van der Waals surface area contributed by atoms with Gasteiger partial charge in [-0.2, -0.15) is 0 Å². The fraction of sp³-hybridized carbons (Fsp3) is 0.812.